The summed E-state index contributed by atoms with van der Waals surface area (Å²) >= 11 is 0. The summed E-state index contributed by atoms with van der Waals surface area (Å²) in [5.41, 5.74) is 0. The van der Waals surface area contributed by atoms with E-state index in [1.807, 2.05) is 0 Å². The molecule has 0 spiro atoms. The van der Waals surface area contributed by atoms with E-state index in [1.54, 1.807) is 24.0 Å². The molecule has 0 unspecified atom stereocenters. The van der Waals surface area contributed by atoms with Crippen LogP contribution in [0.4, 0.5) is 13.2 Å². The van der Waals surface area contributed by atoms with E-state index >= 15 is 0 Å². The van der Waals surface area contributed by atoms with Crippen LogP contribution in [0.5, 0.6) is 0 Å². The van der Waals surface area contributed by atoms with Gasteiger partial charge in [-0.15, -0.1) is 0 Å². The third-order valence-corrected chi connectivity index (χ3v) is 2.08. The van der Waals surface area contributed by atoms with Gasteiger partial charge in [0, 0.05) is 32.3 Å². The maximum Gasteiger partial charge on any atom is 0.411 e. The van der Waals surface area contributed by atoms with Crippen LogP contribution in [0.2, 0.25) is 0 Å². The first-order chi connectivity index (χ1) is 7.88. The Morgan fingerprint density at radius 3 is 2.76 bits per heavy atom. The van der Waals surface area contributed by atoms with Crippen molar-refractivity contribution < 1.29 is 22.7 Å². The van der Waals surface area contributed by atoms with Crippen molar-refractivity contribution in [2.45, 2.75) is 19.0 Å². The molecule has 1 heterocycles. The molecule has 0 fully saturated rings. The molecule has 0 aromatic carbocycles. The van der Waals surface area contributed by atoms with Crippen molar-refractivity contribution in [1.29, 1.82) is 0 Å². The number of nitrogens with zero attached hydrogens (tertiary/aromatic N) is 2. The molecular weight excluding hydrogens is 237 g/mol. The second-order valence-electron chi connectivity index (χ2n) is 3.60. The van der Waals surface area contributed by atoms with Crippen LogP contribution >= 0.6 is 0 Å². The number of carbonyl (C=O) groups is 1. The van der Waals surface area contributed by atoms with Gasteiger partial charge in [0.25, 0.3) is 0 Å². The van der Waals surface area contributed by atoms with E-state index < -0.39 is 19.4 Å². The number of ether oxygens (including phenoxy) is 1. The monoisotopic (exact) mass is 250 g/mol. The van der Waals surface area contributed by atoms with Crippen LogP contribution in [0.3, 0.4) is 0 Å². The molecule has 0 atom stereocenters. The molecule has 17 heavy (non-hydrogen) atoms. The summed E-state index contributed by atoms with van der Waals surface area (Å²) < 4.78 is 41.2. The normalized spacial score (nSPS) is 11.8. The summed E-state index contributed by atoms with van der Waals surface area (Å²) in [4.78, 5) is 15.2. The van der Waals surface area contributed by atoms with E-state index in [0.29, 0.717) is 12.2 Å². The average Bonchev–Trinajstić information content (AvgIpc) is 2.59. The van der Waals surface area contributed by atoms with E-state index in [9.17, 15) is 18.0 Å². The van der Waals surface area contributed by atoms with Crippen molar-refractivity contribution in [3.8, 4) is 0 Å². The summed E-state index contributed by atoms with van der Waals surface area (Å²) in [7, 11) is 1.78. The number of aromatic nitrogens is 2. The minimum atomic E-state index is -4.39. The molecule has 96 valence electrons. The highest BCUT2D eigenvalue weighted by Gasteiger charge is 2.27. The maximum atomic E-state index is 11.7. The van der Waals surface area contributed by atoms with Gasteiger partial charge in [0.05, 0.1) is 0 Å². The Morgan fingerprint density at radius 1 is 1.53 bits per heavy atom. The second kappa shape index (κ2) is 5.81. The van der Waals surface area contributed by atoms with Gasteiger partial charge < -0.3 is 9.30 Å². The zero-order chi connectivity index (χ0) is 12.9. The Balaban J connectivity index is 2.20. The number of hydrogen-bond acceptors (Lipinski definition) is 3. The zero-order valence-corrected chi connectivity index (χ0v) is 9.33. The Kier molecular flexibility index (Phi) is 4.68. The summed E-state index contributed by atoms with van der Waals surface area (Å²) in [6.45, 7) is -1.90. The fourth-order valence-corrected chi connectivity index (χ4v) is 1.24. The molecule has 0 saturated carbocycles. The van der Waals surface area contributed by atoms with Gasteiger partial charge in [0.2, 0.25) is 0 Å². The van der Waals surface area contributed by atoms with Crippen LogP contribution in [0.25, 0.3) is 0 Å². The van der Waals surface area contributed by atoms with Crippen LogP contribution < -0.4 is 0 Å². The standard InChI is InChI=1S/C10H13F3N2O2/c1-15-5-4-14-9(15)3-2-8(16)6-17-7-10(11,12)13/h4-5H,2-3,6-7H2,1H3. The molecule has 4 nitrogen and oxygen atoms in total. The lowest BCUT2D eigenvalue weighted by Crippen LogP contribution is -2.20. The van der Waals surface area contributed by atoms with Crippen molar-refractivity contribution >= 4 is 5.78 Å². The topological polar surface area (TPSA) is 44.1 Å². The van der Waals surface area contributed by atoms with E-state index in [2.05, 4.69) is 9.72 Å². The number of alkyl halides is 3. The molecule has 0 bridgehead atoms. The summed E-state index contributed by atoms with van der Waals surface area (Å²) in [5, 5.41) is 0. The van der Waals surface area contributed by atoms with Crippen molar-refractivity contribution in [3.05, 3.63) is 18.2 Å². The number of carbonyl (C=O) groups excluding carboxylic acids is 1. The minimum absolute atomic E-state index is 0.128. The molecular formula is C10H13F3N2O2. The molecule has 7 heteroatoms. The van der Waals surface area contributed by atoms with Crippen LogP contribution in [0.1, 0.15) is 12.2 Å². The predicted molar refractivity (Wildman–Crippen MR) is 53.4 cm³/mol. The fourth-order valence-electron chi connectivity index (χ4n) is 1.24. The number of imidazole rings is 1. The lowest BCUT2D eigenvalue weighted by molar-refractivity contribution is -0.175. The van der Waals surface area contributed by atoms with Gasteiger partial charge >= 0.3 is 6.18 Å². The molecule has 0 N–H and O–H groups in total. The molecule has 0 radical (unpaired) electrons. The SMILES string of the molecule is Cn1ccnc1CCC(=O)COCC(F)(F)F. The smallest absolute Gasteiger partial charge is 0.364 e. The fraction of sp³-hybridized carbons (Fsp3) is 0.600. The van der Waals surface area contributed by atoms with Crippen molar-refractivity contribution in [2.75, 3.05) is 13.2 Å². The highest BCUT2D eigenvalue weighted by atomic mass is 19.4. The van der Waals surface area contributed by atoms with Gasteiger partial charge in [-0.1, -0.05) is 0 Å². The largest absolute Gasteiger partial charge is 0.411 e. The van der Waals surface area contributed by atoms with Gasteiger partial charge in [-0.25, -0.2) is 4.98 Å². The van der Waals surface area contributed by atoms with Crippen molar-refractivity contribution in [1.82, 2.24) is 9.55 Å². The first-order valence-corrected chi connectivity index (χ1v) is 5.01. The van der Waals surface area contributed by atoms with Crippen LogP contribution in [0.15, 0.2) is 12.4 Å². The van der Waals surface area contributed by atoms with Crippen molar-refractivity contribution in [3.63, 3.8) is 0 Å². The summed E-state index contributed by atoms with van der Waals surface area (Å²) in [6, 6.07) is 0. The molecule has 1 rings (SSSR count). The van der Waals surface area contributed by atoms with Crippen LogP contribution in [-0.2, 0) is 23.0 Å². The highest BCUT2D eigenvalue weighted by Crippen LogP contribution is 2.14. The second-order valence-corrected chi connectivity index (χ2v) is 3.60. The summed E-state index contributed by atoms with van der Waals surface area (Å²) in [6.07, 6.45) is -0.527. The number of aryl methyl sites for hydroxylation is 2. The van der Waals surface area contributed by atoms with Gasteiger partial charge in [-0.2, -0.15) is 13.2 Å². The van der Waals surface area contributed by atoms with Crippen molar-refractivity contribution in [2.24, 2.45) is 7.05 Å². The Labute approximate surface area is 96.4 Å². The Bertz CT molecular complexity index is 374. The van der Waals surface area contributed by atoms with E-state index in [4.69, 9.17) is 0 Å². The number of Topliss-reactive ketones (excluding diaryl/α,β-unsaturated/α-hetero) is 1. The van der Waals surface area contributed by atoms with E-state index in [1.165, 1.54) is 0 Å². The van der Waals surface area contributed by atoms with Gasteiger partial charge in [-0.3, -0.25) is 4.79 Å². The van der Waals surface area contributed by atoms with Gasteiger partial charge in [0.1, 0.15) is 19.0 Å². The predicted octanol–water partition coefficient (Wildman–Crippen LogP) is 1.50. The van der Waals surface area contributed by atoms with Gasteiger partial charge in [-0.05, 0) is 0 Å². The lowest BCUT2D eigenvalue weighted by atomic mass is 10.2. The number of rotatable bonds is 6. The number of halogens is 3. The molecule has 0 amide bonds. The molecule has 1 aromatic rings. The third kappa shape index (κ3) is 5.48. The molecule has 1 aromatic heterocycles. The third-order valence-electron chi connectivity index (χ3n) is 2.08. The molecule has 0 aliphatic carbocycles. The first kappa shape index (κ1) is 13.7. The average molecular weight is 250 g/mol. The van der Waals surface area contributed by atoms with Crippen LogP contribution in [0, 0.1) is 0 Å². The summed E-state index contributed by atoms with van der Waals surface area (Å²) in [5.74, 6) is 0.353. The van der Waals surface area contributed by atoms with E-state index in [0.717, 1.165) is 0 Å². The van der Waals surface area contributed by atoms with Crippen LogP contribution in [-0.4, -0.2) is 34.7 Å². The quantitative estimate of drug-likeness (QED) is 0.768. The maximum absolute atomic E-state index is 11.7. The highest BCUT2D eigenvalue weighted by molar-refractivity contribution is 5.79. The number of hydrogen-bond donors (Lipinski definition) is 0. The first-order valence-electron chi connectivity index (χ1n) is 5.01. The minimum Gasteiger partial charge on any atom is -0.364 e. The van der Waals surface area contributed by atoms with E-state index in [-0.39, 0.29) is 12.2 Å². The molecule has 0 aliphatic rings. The number of ketones is 1. The zero-order valence-electron chi connectivity index (χ0n) is 9.33. The Hall–Kier alpha value is -1.37. The molecule has 0 saturated heterocycles. The lowest BCUT2D eigenvalue weighted by Gasteiger charge is -2.06. The Morgan fingerprint density at radius 2 is 2.24 bits per heavy atom. The van der Waals surface area contributed by atoms with Gasteiger partial charge in [0.15, 0.2) is 5.78 Å². The molecule has 0 aliphatic heterocycles.